The van der Waals surface area contributed by atoms with Gasteiger partial charge >= 0.3 is 5.97 Å². The lowest BCUT2D eigenvalue weighted by atomic mass is 10.3. The Hall–Kier alpha value is -2.03. The molecule has 0 saturated heterocycles. The van der Waals surface area contributed by atoms with Crippen molar-refractivity contribution in [2.75, 3.05) is 12.4 Å². The molecular weight excluding hydrogens is 352 g/mol. The fraction of sp³-hybridized carbons (Fsp3) is 0.133. The van der Waals surface area contributed by atoms with Crippen molar-refractivity contribution in [1.29, 1.82) is 0 Å². The van der Waals surface area contributed by atoms with E-state index in [2.05, 4.69) is 10.3 Å². The largest absolute Gasteiger partial charge is 0.465 e. The molecule has 23 heavy (non-hydrogen) atoms. The number of aryl methyl sites for hydroxylation is 1. The first-order valence-electron chi connectivity index (χ1n) is 6.57. The van der Waals surface area contributed by atoms with E-state index in [1.807, 2.05) is 16.8 Å². The summed E-state index contributed by atoms with van der Waals surface area (Å²) in [5.74, 6) is -0.736. The molecule has 118 valence electrons. The van der Waals surface area contributed by atoms with Gasteiger partial charge < -0.3 is 10.1 Å². The van der Waals surface area contributed by atoms with E-state index in [4.69, 9.17) is 4.74 Å². The Labute approximate surface area is 144 Å². The molecule has 0 spiro atoms. The van der Waals surface area contributed by atoms with E-state index >= 15 is 0 Å². The van der Waals surface area contributed by atoms with Gasteiger partial charge in [0.15, 0.2) is 0 Å². The Morgan fingerprint density at radius 1 is 1.22 bits per heavy atom. The van der Waals surface area contributed by atoms with Crippen LogP contribution < -0.4 is 5.32 Å². The minimum absolute atomic E-state index is 0.273. The van der Waals surface area contributed by atoms with E-state index < -0.39 is 5.97 Å². The topological polar surface area (TPSA) is 68.3 Å². The van der Waals surface area contributed by atoms with E-state index in [1.54, 1.807) is 29.7 Å². The lowest BCUT2D eigenvalue weighted by molar-refractivity contribution is 0.0607. The fourth-order valence-electron chi connectivity index (χ4n) is 1.95. The first kappa shape index (κ1) is 15.9. The number of esters is 1. The molecule has 3 rings (SSSR count). The van der Waals surface area contributed by atoms with Gasteiger partial charge in [-0.25, -0.2) is 9.78 Å². The lowest BCUT2D eigenvalue weighted by Gasteiger charge is -2.04. The second-order valence-electron chi connectivity index (χ2n) is 4.55. The second-order valence-corrected chi connectivity index (χ2v) is 7.25. The molecule has 0 radical (unpaired) electrons. The number of aromatic nitrogens is 1. The predicted molar refractivity (Wildman–Crippen MR) is 93.8 cm³/mol. The Bertz CT molecular complexity index is 849. The normalized spacial score (nSPS) is 10.5. The molecule has 1 N–H and O–H groups in total. The standard InChI is InChI=1S/C15H12N2O3S3/c1-8-11(23-14(16-8)9-3-5-21-7-9)13(18)17-10-4-6-22-12(10)15(19)20-2/h3-7H,1-2H3,(H,17,18). The van der Waals surface area contributed by atoms with Crippen LogP contribution >= 0.6 is 34.0 Å². The SMILES string of the molecule is COC(=O)c1sccc1NC(=O)c1sc(-c2ccsc2)nc1C. The Morgan fingerprint density at radius 3 is 2.74 bits per heavy atom. The molecule has 0 aliphatic heterocycles. The molecule has 3 aromatic rings. The van der Waals surface area contributed by atoms with Gasteiger partial charge in [0.25, 0.3) is 5.91 Å². The lowest BCUT2D eigenvalue weighted by Crippen LogP contribution is -2.13. The van der Waals surface area contributed by atoms with Crippen LogP contribution in [-0.2, 0) is 4.74 Å². The van der Waals surface area contributed by atoms with Crippen molar-refractivity contribution in [3.63, 3.8) is 0 Å². The van der Waals surface area contributed by atoms with E-state index in [0.29, 0.717) is 21.1 Å². The summed E-state index contributed by atoms with van der Waals surface area (Å²) >= 11 is 4.15. The second kappa shape index (κ2) is 6.61. The summed E-state index contributed by atoms with van der Waals surface area (Å²) in [4.78, 5) is 29.5. The van der Waals surface area contributed by atoms with Crippen LogP contribution in [0.3, 0.4) is 0 Å². The Kier molecular flexibility index (Phi) is 4.56. The molecule has 0 unspecified atom stereocenters. The average molecular weight is 364 g/mol. The molecule has 0 atom stereocenters. The molecule has 0 aliphatic rings. The van der Waals surface area contributed by atoms with Crippen molar-refractivity contribution in [2.45, 2.75) is 6.92 Å². The highest BCUT2D eigenvalue weighted by molar-refractivity contribution is 7.17. The summed E-state index contributed by atoms with van der Waals surface area (Å²) in [5.41, 5.74) is 2.13. The number of amides is 1. The van der Waals surface area contributed by atoms with Crippen molar-refractivity contribution >= 4 is 51.6 Å². The molecule has 8 heteroatoms. The Balaban J connectivity index is 1.85. The fourth-order valence-corrected chi connectivity index (χ4v) is 4.39. The maximum atomic E-state index is 12.5. The van der Waals surface area contributed by atoms with Crippen LogP contribution in [-0.4, -0.2) is 24.0 Å². The highest BCUT2D eigenvalue weighted by Gasteiger charge is 2.20. The number of ether oxygens (including phenoxy) is 1. The van der Waals surface area contributed by atoms with Gasteiger partial charge in [0.2, 0.25) is 0 Å². The minimum Gasteiger partial charge on any atom is -0.465 e. The van der Waals surface area contributed by atoms with Crippen LogP contribution in [0.15, 0.2) is 28.3 Å². The number of hydrogen-bond acceptors (Lipinski definition) is 7. The van der Waals surface area contributed by atoms with Crippen LogP contribution in [0.4, 0.5) is 5.69 Å². The van der Waals surface area contributed by atoms with Crippen LogP contribution in [0.2, 0.25) is 0 Å². The molecule has 3 heterocycles. The molecule has 0 aromatic carbocycles. The number of thiophene rings is 2. The number of nitrogens with one attached hydrogen (secondary N) is 1. The third-order valence-electron chi connectivity index (χ3n) is 3.06. The van der Waals surface area contributed by atoms with E-state index in [9.17, 15) is 9.59 Å². The van der Waals surface area contributed by atoms with Gasteiger partial charge in [0.05, 0.1) is 18.5 Å². The summed E-state index contributed by atoms with van der Waals surface area (Å²) in [6, 6.07) is 3.66. The molecule has 5 nitrogen and oxygen atoms in total. The van der Waals surface area contributed by atoms with Gasteiger partial charge in [-0.05, 0) is 29.8 Å². The van der Waals surface area contributed by atoms with E-state index in [0.717, 1.165) is 10.6 Å². The average Bonchev–Trinajstić information content (AvgIpc) is 3.25. The molecular formula is C15H12N2O3S3. The first-order valence-corrected chi connectivity index (χ1v) is 9.21. The predicted octanol–water partition coefficient (Wildman–Crippen LogP) is 4.28. The van der Waals surface area contributed by atoms with Gasteiger partial charge in [-0.15, -0.1) is 22.7 Å². The van der Waals surface area contributed by atoms with Crippen molar-refractivity contribution < 1.29 is 14.3 Å². The summed E-state index contributed by atoms with van der Waals surface area (Å²) in [5, 5.41) is 9.28. The zero-order valence-corrected chi connectivity index (χ0v) is 14.7. The van der Waals surface area contributed by atoms with Gasteiger partial charge in [-0.3, -0.25) is 4.79 Å². The summed E-state index contributed by atoms with van der Waals surface area (Å²) in [7, 11) is 1.31. The monoisotopic (exact) mass is 364 g/mol. The van der Waals surface area contributed by atoms with Crippen molar-refractivity contribution in [3.05, 3.63) is 43.7 Å². The molecule has 0 saturated carbocycles. The molecule has 1 amide bonds. The van der Waals surface area contributed by atoms with Crippen LogP contribution in [0, 0.1) is 6.92 Å². The van der Waals surface area contributed by atoms with Gasteiger partial charge in [-0.2, -0.15) is 11.3 Å². The highest BCUT2D eigenvalue weighted by Crippen LogP contribution is 2.30. The summed E-state index contributed by atoms with van der Waals surface area (Å²) < 4.78 is 4.71. The van der Waals surface area contributed by atoms with E-state index in [-0.39, 0.29) is 5.91 Å². The number of nitrogens with zero attached hydrogens (tertiary/aromatic N) is 1. The Morgan fingerprint density at radius 2 is 2.04 bits per heavy atom. The third-order valence-corrected chi connectivity index (χ3v) is 5.84. The van der Waals surface area contributed by atoms with Crippen molar-refractivity contribution in [1.82, 2.24) is 4.98 Å². The quantitative estimate of drug-likeness (QED) is 0.702. The maximum Gasteiger partial charge on any atom is 0.350 e. The third kappa shape index (κ3) is 3.19. The van der Waals surface area contributed by atoms with Crippen molar-refractivity contribution in [2.24, 2.45) is 0 Å². The molecule has 0 aliphatic carbocycles. The summed E-state index contributed by atoms with van der Waals surface area (Å²) in [6.45, 7) is 1.80. The van der Waals surface area contributed by atoms with Gasteiger partial charge in [-0.1, -0.05) is 0 Å². The number of carbonyl (C=O) groups is 2. The minimum atomic E-state index is -0.463. The van der Waals surface area contributed by atoms with Crippen LogP contribution in [0.5, 0.6) is 0 Å². The molecule has 3 aromatic heterocycles. The smallest absolute Gasteiger partial charge is 0.350 e. The van der Waals surface area contributed by atoms with Crippen molar-refractivity contribution in [3.8, 4) is 10.6 Å². The zero-order chi connectivity index (χ0) is 16.4. The summed E-state index contributed by atoms with van der Waals surface area (Å²) in [6.07, 6.45) is 0. The maximum absolute atomic E-state index is 12.5. The molecule has 0 fully saturated rings. The highest BCUT2D eigenvalue weighted by atomic mass is 32.1. The van der Waals surface area contributed by atoms with Gasteiger partial charge in [0, 0.05) is 10.9 Å². The van der Waals surface area contributed by atoms with Crippen LogP contribution in [0.1, 0.15) is 25.0 Å². The molecule has 0 bridgehead atoms. The number of carbonyl (C=O) groups excluding carboxylic acids is 2. The number of hydrogen-bond donors (Lipinski definition) is 1. The number of rotatable bonds is 4. The van der Waals surface area contributed by atoms with E-state index in [1.165, 1.54) is 29.8 Å². The first-order chi connectivity index (χ1) is 11.1. The number of thiazole rings is 1. The zero-order valence-electron chi connectivity index (χ0n) is 12.3. The van der Waals surface area contributed by atoms with Crippen LogP contribution in [0.25, 0.3) is 10.6 Å². The number of anilines is 1. The van der Waals surface area contributed by atoms with Gasteiger partial charge in [0.1, 0.15) is 14.8 Å². The number of methoxy groups -OCH3 is 1.